The Labute approximate surface area is 159 Å². The van der Waals surface area contributed by atoms with E-state index in [2.05, 4.69) is 15.6 Å². The average molecular weight is 363 g/mol. The van der Waals surface area contributed by atoms with E-state index in [1.807, 2.05) is 80.6 Å². The molecule has 0 aliphatic carbocycles. The van der Waals surface area contributed by atoms with Crippen LogP contribution in [0.15, 0.2) is 72.9 Å². The van der Waals surface area contributed by atoms with Crippen LogP contribution in [0.25, 0.3) is 11.3 Å². The molecule has 0 bridgehead atoms. The minimum Gasteiger partial charge on any atom is -0.491 e. The Bertz CT molecular complexity index is 847. The van der Waals surface area contributed by atoms with Crippen molar-refractivity contribution in [1.82, 2.24) is 4.98 Å². The zero-order valence-electron chi connectivity index (χ0n) is 14.8. The van der Waals surface area contributed by atoms with Gasteiger partial charge in [-0.1, -0.05) is 18.2 Å². The van der Waals surface area contributed by atoms with Crippen LogP contribution in [0.3, 0.4) is 0 Å². The molecule has 0 aliphatic heterocycles. The molecule has 1 aromatic heterocycles. The smallest absolute Gasteiger partial charge is 0.175 e. The molecule has 26 heavy (non-hydrogen) atoms. The van der Waals surface area contributed by atoms with E-state index in [9.17, 15) is 0 Å². The summed E-state index contributed by atoms with van der Waals surface area (Å²) in [5.74, 6) is 0.842. The van der Waals surface area contributed by atoms with Crippen LogP contribution < -0.4 is 15.4 Å². The number of nitrogens with one attached hydrogen (secondary N) is 2. The predicted molar refractivity (Wildman–Crippen MR) is 112 cm³/mol. The first-order chi connectivity index (χ1) is 12.6. The second-order valence-corrected chi connectivity index (χ2v) is 6.47. The molecule has 3 aromatic rings. The molecule has 0 unspecified atom stereocenters. The van der Waals surface area contributed by atoms with Crippen molar-refractivity contribution in [1.29, 1.82) is 0 Å². The first kappa shape index (κ1) is 17.9. The van der Waals surface area contributed by atoms with Crippen LogP contribution in [0.1, 0.15) is 13.8 Å². The summed E-state index contributed by atoms with van der Waals surface area (Å²) in [6.07, 6.45) is 1.95. The summed E-state index contributed by atoms with van der Waals surface area (Å²) in [6, 6.07) is 21.6. The highest BCUT2D eigenvalue weighted by molar-refractivity contribution is 7.80. The minimum atomic E-state index is 0.158. The van der Waals surface area contributed by atoms with E-state index in [0.29, 0.717) is 5.11 Å². The van der Waals surface area contributed by atoms with Crippen molar-refractivity contribution in [3.05, 3.63) is 72.9 Å². The number of pyridine rings is 1. The van der Waals surface area contributed by atoms with Crippen molar-refractivity contribution in [3.63, 3.8) is 0 Å². The highest BCUT2D eigenvalue weighted by Gasteiger charge is 2.02. The van der Waals surface area contributed by atoms with Gasteiger partial charge in [0.1, 0.15) is 5.75 Å². The molecule has 0 amide bonds. The summed E-state index contributed by atoms with van der Waals surface area (Å²) >= 11 is 5.38. The number of aromatic nitrogens is 1. The van der Waals surface area contributed by atoms with Crippen LogP contribution in [0.2, 0.25) is 0 Å². The second-order valence-electron chi connectivity index (χ2n) is 6.06. The van der Waals surface area contributed by atoms with Crippen molar-refractivity contribution in [3.8, 4) is 17.0 Å². The molecular formula is C21H21N3OS. The van der Waals surface area contributed by atoms with Crippen molar-refractivity contribution >= 4 is 28.7 Å². The Morgan fingerprint density at radius 3 is 2.04 bits per heavy atom. The maximum atomic E-state index is 5.64. The van der Waals surface area contributed by atoms with Gasteiger partial charge in [0.25, 0.3) is 0 Å². The van der Waals surface area contributed by atoms with Gasteiger partial charge in [-0.15, -0.1) is 0 Å². The zero-order chi connectivity index (χ0) is 18.4. The van der Waals surface area contributed by atoms with Gasteiger partial charge in [0, 0.05) is 23.1 Å². The normalized spacial score (nSPS) is 10.4. The summed E-state index contributed by atoms with van der Waals surface area (Å²) in [5, 5.41) is 6.89. The van der Waals surface area contributed by atoms with Crippen LogP contribution in [0.5, 0.6) is 5.75 Å². The lowest BCUT2D eigenvalue weighted by atomic mass is 10.1. The second kappa shape index (κ2) is 8.45. The van der Waals surface area contributed by atoms with Gasteiger partial charge in [-0.2, -0.15) is 0 Å². The standard InChI is InChI=1S/C21H21N3OS/c1-15(2)25-19-12-10-18(11-13-19)24-21(26)23-17-8-6-16(7-9-17)20-5-3-4-14-22-20/h3-15H,1-2H3,(H2,23,24,26). The van der Waals surface area contributed by atoms with Crippen LogP contribution in [0, 0.1) is 0 Å². The highest BCUT2D eigenvalue weighted by Crippen LogP contribution is 2.20. The molecule has 5 heteroatoms. The van der Waals surface area contributed by atoms with Crippen molar-refractivity contribution in [2.24, 2.45) is 0 Å². The molecule has 0 spiro atoms. The first-order valence-electron chi connectivity index (χ1n) is 8.46. The third-order valence-corrected chi connectivity index (χ3v) is 3.79. The lowest BCUT2D eigenvalue weighted by Crippen LogP contribution is -2.18. The zero-order valence-corrected chi connectivity index (χ0v) is 15.6. The first-order valence-corrected chi connectivity index (χ1v) is 8.87. The summed E-state index contributed by atoms with van der Waals surface area (Å²) in [7, 11) is 0. The molecular weight excluding hydrogens is 342 g/mol. The lowest BCUT2D eigenvalue weighted by molar-refractivity contribution is 0.242. The fraction of sp³-hybridized carbons (Fsp3) is 0.143. The van der Waals surface area contributed by atoms with Gasteiger partial charge in [-0.3, -0.25) is 4.98 Å². The number of rotatable bonds is 5. The molecule has 0 saturated carbocycles. The Balaban J connectivity index is 1.58. The molecule has 1 heterocycles. The van der Waals surface area contributed by atoms with E-state index < -0.39 is 0 Å². The molecule has 0 atom stereocenters. The number of anilines is 2. The number of nitrogens with zero attached hydrogens (tertiary/aromatic N) is 1. The Morgan fingerprint density at radius 2 is 1.50 bits per heavy atom. The molecule has 2 aromatic carbocycles. The fourth-order valence-corrected chi connectivity index (χ4v) is 2.68. The molecule has 0 aliphatic rings. The Hall–Kier alpha value is -2.92. The van der Waals surface area contributed by atoms with Gasteiger partial charge < -0.3 is 15.4 Å². The quantitative estimate of drug-likeness (QED) is 0.599. The highest BCUT2D eigenvalue weighted by atomic mass is 32.1. The third-order valence-electron chi connectivity index (χ3n) is 3.59. The summed E-state index contributed by atoms with van der Waals surface area (Å²) in [5.41, 5.74) is 3.84. The molecule has 3 rings (SSSR count). The van der Waals surface area contributed by atoms with Crippen LogP contribution in [0.4, 0.5) is 11.4 Å². The van der Waals surface area contributed by atoms with Crippen LogP contribution in [-0.2, 0) is 0 Å². The summed E-state index contributed by atoms with van der Waals surface area (Å²) < 4.78 is 5.64. The number of hydrogen-bond acceptors (Lipinski definition) is 3. The van der Waals surface area contributed by atoms with Crippen LogP contribution >= 0.6 is 12.2 Å². The van der Waals surface area contributed by atoms with Gasteiger partial charge in [0.2, 0.25) is 0 Å². The molecule has 132 valence electrons. The lowest BCUT2D eigenvalue weighted by Gasteiger charge is -2.13. The number of hydrogen-bond donors (Lipinski definition) is 2. The van der Waals surface area contributed by atoms with Gasteiger partial charge in [-0.25, -0.2) is 0 Å². The topological polar surface area (TPSA) is 46.2 Å². The number of benzene rings is 2. The van der Waals surface area contributed by atoms with Crippen molar-refractivity contribution < 1.29 is 4.74 Å². The molecule has 0 radical (unpaired) electrons. The third kappa shape index (κ3) is 5.04. The van der Waals surface area contributed by atoms with Crippen LogP contribution in [-0.4, -0.2) is 16.2 Å². The fourth-order valence-electron chi connectivity index (χ4n) is 2.44. The Morgan fingerprint density at radius 1 is 0.885 bits per heavy atom. The molecule has 4 nitrogen and oxygen atoms in total. The van der Waals surface area contributed by atoms with E-state index in [-0.39, 0.29) is 6.10 Å². The average Bonchev–Trinajstić information content (AvgIpc) is 2.64. The number of thiocarbonyl (C=S) groups is 1. The van der Waals surface area contributed by atoms with Crippen molar-refractivity contribution in [2.45, 2.75) is 20.0 Å². The van der Waals surface area contributed by atoms with Gasteiger partial charge in [-0.05, 0) is 74.6 Å². The SMILES string of the molecule is CC(C)Oc1ccc(NC(=S)Nc2ccc(-c3ccccn3)cc2)cc1. The summed E-state index contributed by atoms with van der Waals surface area (Å²) in [4.78, 5) is 4.35. The largest absolute Gasteiger partial charge is 0.491 e. The van der Waals surface area contributed by atoms with E-state index in [1.165, 1.54) is 0 Å². The molecule has 0 fully saturated rings. The number of ether oxygens (including phenoxy) is 1. The van der Waals surface area contributed by atoms with Gasteiger partial charge in [0.05, 0.1) is 11.8 Å². The monoisotopic (exact) mass is 363 g/mol. The van der Waals surface area contributed by atoms with E-state index in [1.54, 1.807) is 6.20 Å². The van der Waals surface area contributed by atoms with Crippen molar-refractivity contribution in [2.75, 3.05) is 10.6 Å². The maximum Gasteiger partial charge on any atom is 0.175 e. The maximum absolute atomic E-state index is 5.64. The molecule has 0 saturated heterocycles. The summed E-state index contributed by atoms with van der Waals surface area (Å²) in [6.45, 7) is 4.01. The van der Waals surface area contributed by atoms with E-state index in [4.69, 9.17) is 17.0 Å². The van der Waals surface area contributed by atoms with E-state index in [0.717, 1.165) is 28.4 Å². The van der Waals surface area contributed by atoms with Gasteiger partial charge in [0.15, 0.2) is 5.11 Å². The Kier molecular flexibility index (Phi) is 5.81. The van der Waals surface area contributed by atoms with E-state index >= 15 is 0 Å². The van der Waals surface area contributed by atoms with Gasteiger partial charge >= 0.3 is 0 Å². The predicted octanol–water partition coefficient (Wildman–Crippen LogP) is 5.34. The minimum absolute atomic E-state index is 0.158. The molecule has 2 N–H and O–H groups in total.